The van der Waals surface area contributed by atoms with Gasteiger partial charge in [0.15, 0.2) is 12.1 Å². The Bertz CT molecular complexity index is 1000. The van der Waals surface area contributed by atoms with Crippen LogP contribution in [-0.4, -0.2) is 104 Å². The Morgan fingerprint density at radius 2 is 1.31 bits per heavy atom. The van der Waals surface area contributed by atoms with Crippen LogP contribution in [0.15, 0.2) is 54.6 Å². The molecule has 0 saturated carbocycles. The molecule has 196 valence electrons. The molecule has 2 heterocycles. The number of aliphatic hydroxyl groups is 6. The summed E-state index contributed by atoms with van der Waals surface area (Å²) >= 11 is 0. The molecule has 2 saturated heterocycles. The van der Waals surface area contributed by atoms with Gasteiger partial charge in [0.1, 0.15) is 48.5 Å². The van der Waals surface area contributed by atoms with E-state index in [0.29, 0.717) is 11.1 Å². The lowest BCUT2D eigenvalue weighted by Crippen LogP contribution is -2.61. The molecule has 2 aliphatic heterocycles. The quantitative estimate of drug-likeness (QED) is 0.253. The Morgan fingerprint density at radius 3 is 1.97 bits per heavy atom. The molecule has 6 N–H and O–H groups in total. The minimum atomic E-state index is -1.64. The number of hydrogen-bond acceptors (Lipinski definition) is 11. The topological polar surface area (TPSA) is 175 Å². The summed E-state index contributed by atoms with van der Waals surface area (Å²) < 4.78 is 22.1. The second kappa shape index (κ2) is 11.3. The number of aliphatic hydroxyl groups excluding tert-OH is 6. The first kappa shape index (κ1) is 26.6. The van der Waals surface area contributed by atoms with Gasteiger partial charge in [-0.15, -0.1) is 0 Å². The zero-order valence-corrected chi connectivity index (χ0v) is 19.4. The Hall–Kier alpha value is -2.45. The number of hydrogen-bond donors (Lipinski definition) is 6. The van der Waals surface area contributed by atoms with E-state index in [1.807, 2.05) is 6.07 Å². The highest BCUT2D eigenvalue weighted by molar-refractivity contribution is 6.08. The summed E-state index contributed by atoms with van der Waals surface area (Å²) in [6, 6.07) is 14.9. The van der Waals surface area contributed by atoms with Crippen LogP contribution >= 0.6 is 0 Å². The number of rotatable bonds is 7. The summed E-state index contributed by atoms with van der Waals surface area (Å²) in [7, 11) is 0. The van der Waals surface area contributed by atoms with E-state index >= 15 is 0 Å². The van der Waals surface area contributed by atoms with Crippen LogP contribution in [0.5, 0.6) is 5.75 Å². The van der Waals surface area contributed by atoms with E-state index < -0.39 is 68.0 Å². The zero-order chi connectivity index (χ0) is 26.0. The van der Waals surface area contributed by atoms with E-state index in [1.54, 1.807) is 36.4 Å². The average molecular weight is 507 g/mol. The van der Waals surface area contributed by atoms with Crippen molar-refractivity contribution in [3.8, 4) is 5.75 Å². The van der Waals surface area contributed by atoms with Crippen molar-refractivity contribution >= 4 is 5.78 Å². The Labute approximate surface area is 207 Å². The Kier molecular flexibility index (Phi) is 8.35. The van der Waals surface area contributed by atoms with Gasteiger partial charge in [0.25, 0.3) is 0 Å². The van der Waals surface area contributed by atoms with Gasteiger partial charge < -0.3 is 49.6 Å². The fourth-order valence-electron chi connectivity index (χ4n) is 4.07. The van der Waals surface area contributed by atoms with Crippen molar-refractivity contribution in [3.63, 3.8) is 0 Å². The maximum atomic E-state index is 12.6. The molecule has 2 aliphatic rings. The maximum Gasteiger partial charge on any atom is 0.229 e. The van der Waals surface area contributed by atoms with Gasteiger partial charge in [-0.1, -0.05) is 30.3 Å². The highest BCUT2D eigenvalue weighted by Gasteiger charge is 2.47. The van der Waals surface area contributed by atoms with Crippen LogP contribution in [0.1, 0.15) is 22.8 Å². The molecule has 0 aromatic heterocycles. The third kappa shape index (κ3) is 5.59. The molecule has 36 heavy (non-hydrogen) atoms. The predicted octanol–water partition coefficient (Wildman–Crippen LogP) is -1.05. The number of carbonyl (C=O) groups excluding carboxylic acids is 1. The molecule has 0 spiro atoms. The lowest BCUT2D eigenvalue weighted by molar-refractivity contribution is -0.318. The molecule has 0 bridgehead atoms. The smallest absolute Gasteiger partial charge is 0.229 e. The normalized spacial score (nSPS) is 36.9. The predicted molar refractivity (Wildman–Crippen MR) is 122 cm³/mol. The molecule has 0 aliphatic carbocycles. The van der Waals surface area contributed by atoms with Gasteiger partial charge in [0.2, 0.25) is 6.29 Å². The van der Waals surface area contributed by atoms with Gasteiger partial charge in [-0.2, -0.15) is 0 Å². The average Bonchev–Trinajstić information content (AvgIpc) is 2.90. The van der Waals surface area contributed by atoms with Gasteiger partial charge in [-0.25, -0.2) is 0 Å². The molecule has 4 rings (SSSR count). The number of carbonyl (C=O) groups is 1. The Balaban J connectivity index is 1.38. The third-order valence-electron chi connectivity index (χ3n) is 6.31. The molecule has 0 amide bonds. The van der Waals surface area contributed by atoms with Crippen LogP contribution in [0, 0.1) is 0 Å². The maximum absolute atomic E-state index is 12.6. The first-order chi connectivity index (χ1) is 17.2. The van der Waals surface area contributed by atoms with Crippen molar-refractivity contribution in [2.45, 2.75) is 68.3 Å². The van der Waals surface area contributed by atoms with Crippen LogP contribution in [0.25, 0.3) is 0 Å². The summed E-state index contributed by atoms with van der Waals surface area (Å²) in [5.74, 6) is 0.0647. The molecule has 11 nitrogen and oxygen atoms in total. The van der Waals surface area contributed by atoms with Crippen LogP contribution < -0.4 is 4.74 Å². The fourth-order valence-corrected chi connectivity index (χ4v) is 4.07. The minimum absolute atomic E-state index is 0.175. The fraction of sp³-hybridized carbons (Fsp3) is 0.480. The van der Waals surface area contributed by atoms with E-state index in [0.717, 1.165) is 0 Å². The Morgan fingerprint density at radius 1 is 0.722 bits per heavy atom. The summed E-state index contributed by atoms with van der Waals surface area (Å²) in [4.78, 5) is 12.6. The van der Waals surface area contributed by atoms with Crippen molar-refractivity contribution in [2.75, 3.05) is 6.61 Å². The summed E-state index contributed by atoms with van der Waals surface area (Å²) in [6.07, 6.45) is -13.9. The van der Waals surface area contributed by atoms with Crippen molar-refractivity contribution in [1.82, 2.24) is 0 Å². The zero-order valence-electron chi connectivity index (χ0n) is 19.4. The molecule has 0 unspecified atom stereocenters. The molecule has 2 fully saturated rings. The standard InChI is InChI=1S/C25H30O11/c1-12-17(26)20(29)22(31)24(34-12)33-11-16-19(28)21(30)23(32)25(36-16)35-15-9-7-14(8-10-15)18(27)13-5-3-2-4-6-13/h2-10,12,16-17,19-26,28-32H,11H2,1H3/t12-,16+,17-,19+,20+,21-,22+,23+,24+,25+/m0/s1. The number of benzene rings is 2. The van der Waals surface area contributed by atoms with Gasteiger partial charge in [0.05, 0.1) is 12.7 Å². The molecule has 2 aromatic rings. The number of ketones is 1. The van der Waals surface area contributed by atoms with Crippen LogP contribution in [-0.2, 0) is 14.2 Å². The van der Waals surface area contributed by atoms with E-state index in [9.17, 15) is 35.4 Å². The van der Waals surface area contributed by atoms with Gasteiger partial charge in [0, 0.05) is 11.1 Å². The van der Waals surface area contributed by atoms with E-state index in [2.05, 4.69) is 0 Å². The highest BCUT2D eigenvalue weighted by atomic mass is 16.7. The van der Waals surface area contributed by atoms with E-state index in [-0.39, 0.29) is 11.5 Å². The second-order valence-corrected chi connectivity index (χ2v) is 8.87. The van der Waals surface area contributed by atoms with E-state index in [1.165, 1.54) is 19.1 Å². The van der Waals surface area contributed by atoms with Crippen molar-refractivity contribution in [2.24, 2.45) is 0 Å². The van der Waals surface area contributed by atoms with Crippen molar-refractivity contribution in [1.29, 1.82) is 0 Å². The third-order valence-corrected chi connectivity index (χ3v) is 6.31. The molecular weight excluding hydrogens is 476 g/mol. The molecule has 0 radical (unpaired) electrons. The number of ether oxygens (including phenoxy) is 4. The molecule has 10 atom stereocenters. The van der Waals surface area contributed by atoms with Crippen LogP contribution in [0.3, 0.4) is 0 Å². The van der Waals surface area contributed by atoms with Crippen LogP contribution in [0.4, 0.5) is 0 Å². The SMILES string of the molecule is C[C@@H]1O[C@@H](OC[C@H]2O[C@@H](Oc3ccc(C(=O)c4ccccc4)cc3)[C@H](O)[C@@H](O)[C@@H]2O)[C@H](O)[C@H](O)[C@H]1O. The summed E-state index contributed by atoms with van der Waals surface area (Å²) in [6.45, 7) is 1.09. The molecule has 11 heteroatoms. The monoisotopic (exact) mass is 506 g/mol. The minimum Gasteiger partial charge on any atom is -0.462 e. The molecular formula is C25H30O11. The summed E-state index contributed by atoms with van der Waals surface area (Å²) in [5.41, 5.74) is 0.952. The first-order valence-corrected chi connectivity index (χ1v) is 11.5. The van der Waals surface area contributed by atoms with Gasteiger partial charge in [-0.05, 0) is 31.2 Å². The van der Waals surface area contributed by atoms with Crippen molar-refractivity contribution < 1.29 is 54.4 Å². The van der Waals surface area contributed by atoms with Gasteiger partial charge >= 0.3 is 0 Å². The van der Waals surface area contributed by atoms with Crippen LogP contribution in [0.2, 0.25) is 0 Å². The lowest BCUT2D eigenvalue weighted by Gasteiger charge is -2.42. The summed E-state index contributed by atoms with van der Waals surface area (Å²) in [5, 5.41) is 60.8. The second-order valence-electron chi connectivity index (χ2n) is 8.87. The molecule has 2 aromatic carbocycles. The van der Waals surface area contributed by atoms with E-state index in [4.69, 9.17) is 18.9 Å². The first-order valence-electron chi connectivity index (χ1n) is 11.5. The highest BCUT2D eigenvalue weighted by Crippen LogP contribution is 2.27. The van der Waals surface area contributed by atoms with Gasteiger partial charge in [-0.3, -0.25) is 4.79 Å². The lowest BCUT2D eigenvalue weighted by atomic mass is 9.98. The van der Waals surface area contributed by atoms with Crippen molar-refractivity contribution in [3.05, 3.63) is 65.7 Å². The largest absolute Gasteiger partial charge is 0.462 e.